The summed E-state index contributed by atoms with van der Waals surface area (Å²) in [6, 6.07) is 17.1. The van der Waals surface area contributed by atoms with E-state index < -0.39 is 0 Å². The van der Waals surface area contributed by atoms with E-state index in [-0.39, 0.29) is 30.8 Å². The van der Waals surface area contributed by atoms with E-state index in [1.54, 1.807) is 4.90 Å². The Labute approximate surface area is 175 Å². The maximum atomic E-state index is 13.2. The quantitative estimate of drug-likeness (QED) is 0.711. The Morgan fingerprint density at radius 3 is 2.70 bits per heavy atom. The number of rotatable bonds is 5. The molecule has 0 bridgehead atoms. The number of amides is 2. The SMILES string of the molecule is C[C@H]1CC(=O)Nc2ccccc2N1C(=O)CN(C)Cc1cnn(-c2ccccc2)c1. The Hall–Kier alpha value is -3.45. The van der Waals surface area contributed by atoms with Gasteiger partial charge in [0, 0.05) is 30.8 Å². The molecular weight excluding hydrogens is 378 g/mol. The summed E-state index contributed by atoms with van der Waals surface area (Å²) in [6.45, 7) is 2.74. The van der Waals surface area contributed by atoms with Crippen molar-refractivity contribution < 1.29 is 9.59 Å². The number of aromatic nitrogens is 2. The van der Waals surface area contributed by atoms with Crippen LogP contribution in [0.3, 0.4) is 0 Å². The Balaban J connectivity index is 1.46. The van der Waals surface area contributed by atoms with Gasteiger partial charge in [-0.05, 0) is 38.2 Å². The third-order valence-electron chi connectivity index (χ3n) is 5.14. The van der Waals surface area contributed by atoms with Gasteiger partial charge >= 0.3 is 0 Å². The van der Waals surface area contributed by atoms with Crippen molar-refractivity contribution in [2.45, 2.75) is 25.9 Å². The molecule has 1 aliphatic heterocycles. The fourth-order valence-corrected chi connectivity index (χ4v) is 3.81. The minimum Gasteiger partial charge on any atom is -0.324 e. The molecule has 0 radical (unpaired) electrons. The van der Waals surface area contributed by atoms with Gasteiger partial charge in [-0.15, -0.1) is 0 Å². The monoisotopic (exact) mass is 403 g/mol. The lowest BCUT2D eigenvalue weighted by atomic mass is 10.1. The van der Waals surface area contributed by atoms with Crippen LogP contribution >= 0.6 is 0 Å². The normalized spacial score (nSPS) is 16.2. The van der Waals surface area contributed by atoms with Crippen LogP contribution in [-0.2, 0) is 16.1 Å². The zero-order chi connectivity index (χ0) is 21.1. The number of fused-ring (bicyclic) bond motifs is 1. The Morgan fingerprint density at radius 1 is 1.17 bits per heavy atom. The number of hydrogen-bond donors (Lipinski definition) is 1. The molecule has 30 heavy (non-hydrogen) atoms. The molecule has 0 saturated carbocycles. The maximum Gasteiger partial charge on any atom is 0.241 e. The molecule has 0 aliphatic carbocycles. The van der Waals surface area contributed by atoms with Gasteiger partial charge in [0.2, 0.25) is 11.8 Å². The number of benzene rings is 2. The van der Waals surface area contributed by atoms with E-state index in [9.17, 15) is 9.59 Å². The highest BCUT2D eigenvalue weighted by molar-refractivity contribution is 6.04. The van der Waals surface area contributed by atoms with Crippen LogP contribution < -0.4 is 10.2 Å². The van der Waals surface area contributed by atoms with Gasteiger partial charge in [0.05, 0.1) is 29.8 Å². The molecule has 1 aromatic heterocycles. The lowest BCUT2D eigenvalue weighted by Gasteiger charge is -2.29. The molecule has 2 amide bonds. The predicted octanol–water partition coefficient (Wildman–Crippen LogP) is 3.07. The molecule has 0 unspecified atom stereocenters. The molecular formula is C23H25N5O2. The fraction of sp³-hybridized carbons (Fsp3) is 0.261. The molecule has 2 aromatic carbocycles. The number of nitrogens with one attached hydrogen (secondary N) is 1. The number of carbonyl (C=O) groups is 2. The highest BCUT2D eigenvalue weighted by Crippen LogP contribution is 2.31. The molecule has 1 atom stereocenters. The largest absolute Gasteiger partial charge is 0.324 e. The van der Waals surface area contributed by atoms with E-state index in [2.05, 4.69) is 10.4 Å². The van der Waals surface area contributed by atoms with Crippen LogP contribution in [0.2, 0.25) is 0 Å². The smallest absolute Gasteiger partial charge is 0.241 e. The Bertz CT molecular complexity index is 1050. The number of para-hydroxylation sites is 3. The van der Waals surface area contributed by atoms with Crippen molar-refractivity contribution in [3.63, 3.8) is 0 Å². The van der Waals surface area contributed by atoms with E-state index in [0.29, 0.717) is 12.2 Å². The van der Waals surface area contributed by atoms with E-state index in [0.717, 1.165) is 16.9 Å². The highest BCUT2D eigenvalue weighted by Gasteiger charge is 2.29. The van der Waals surface area contributed by atoms with Crippen molar-refractivity contribution in [1.82, 2.24) is 14.7 Å². The standard InChI is InChI=1S/C23H25N5O2/c1-17-12-22(29)25-20-10-6-7-11-21(20)28(17)23(30)16-26(2)14-18-13-24-27(15-18)19-8-4-3-5-9-19/h3-11,13,15,17H,12,14,16H2,1-2H3,(H,25,29)/t17-/m0/s1. The first-order valence-corrected chi connectivity index (χ1v) is 9.99. The van der Waals surface area contributed by atoms with Gasteiger partial charge in [-0.25, -0.2) is 4.68 Å². The molecule has 0 spiro atoms. The molecule has 154 valence electrons. The molecule has 3 aromatic rings. The third kappa shape index (κ3) is 4.26. The van der Waals surface area contributed by atoms with Crippen molar-refractivity contribution in [2.24, 2.45) is 0 Å². The van der Waals surface area contributed by atoms with Gasteiger partial charge in [-0.1, -0.05) is 30.3 Å². The lowest BCUT2D eigenvalue weighted by molar-refractivity contribution is -0.120. The van der Waals surface area contributed by atoms with Gasteiger partial charge in [0.15, 0.2) is 0 Å². The number of anilines is 2. The van der Waals surface area contributed by atoms with Crippen molar-refractivity contribution in [3.8, 4) is 5.69 Å². The maximum absolute atomic E-state index is 13.2. The minimum atomic E-state index is -0.213. The first-order chi connectivity index (χ1) is 14.5. The second kappa shape index (κ2) is 8.51. The summed E-state index contributed by atoms with van der Waals surface area (Å²) in [6.07, 6.45) is 4.07. The zero-order valence-corrected chi connectivity index (χ0v) is 17.2. The number of nitrogens with zero attached hydrogens (tertiary/aromatic N) is 4. The second-order valence-corrected chi connectivity index (χ2v) is 7.68. The first kappa shape index (κ1) is 19.8. The molecule has 1 N–H and O–H groups in total. The van der Waals surface area contributed by atoms with E-state index >= 15 is 0 Å². The van der Waals surface area contributed by atoms with Gasteiger partial charge < -0.3 is 10.2 Å². The van der Waals surface area contributed by atoms with Gasteiger partial charge in [-0.3, -0.25) is 14.5 Å². The predicted molar refractivity (Wildman–Crippen MR) is 117 cm³/mol. The van der Waals surface area contributed by atoms with Crippen molar-refractivity contribution >= 4 is 23.2 Å². The van der Waals surface area contributed by atoms with Crippen molar-refractivity contribution in [3.05, 3.63) is 72.6 Å². The molecule has 0 saturated heterocycles. The van der Waals surface area contributed by atoms with Gasteiger partial charge in [0.25, 0.3) is 0 Å². The minimum absolute atomic E-state index is 0.0376. The Kier molecular flexibility index (Phi) is 5.63. The first-order valence-electron chi connectivity index (χ1n) is 9.99. The summed E-state index contributed by atoms with van der Waals surface area (Å²) < 4.78 is 1.83. The molecule has 1 aliphatic rings. The molecule has 7 heteroatoms. The van der Waals surface area contributed by atoms with Crippen LogP contribution in [0.4, 0.5) is 11.4 Å². The summed E-state index contributed by atoms with van der Waals surface area (Å²) in [5.41, 5.74) is 3.43. The topological polar surface area (TPSA) is 70.5 Å². The van der Waals surface area contributed by atoms with Crippen LogP contribution in [0.5, 0.6) is 0 Å². The lowest BCUT2D eigenvalue weighted by Crippen LogP contribution is -2.44. The van der Waals surface area contributed by atoms with Crippen LogP contribution in [0, 0.1) is 0 Å². The summed E-state index contributed by atoms with van der Waals surface area (Å²) >= 11 is 0. The van der Waals surface area contributed by atoms with Crippen LogP contribution in [0.15, 0.2) is 67.0 Å². The van der Waals surface area contributed by atoms with Crippen LogP contribution in [-0.4, -0.2) is 46.1 Å². The third-order valence-corrected chi connectivity index (χ3v) is 5.14. The summed E-state index contributed by atoms with van der Waals surface area (Å²) in [4.78, 5) is 29.0. The number of hydrogen-bond acceptors (Lipinski definition) is 4. The van der Waals surface area contributed by atoms with Gasteiger partial charge in [-0.2, -0.15) is 5.10 Å². The molecule has 2 heterocycles. The number of carbonyl (C=O) groups excluding carboxylic acids is 2. The Morgan fingerprint density at radius 2 is 1.90 bits per heavy atom. The molecule has 4 rings (SSSR count). The summed E-state index contributed by atoms with van der Waals surface area (Å²) in [5, 5.41) is 7.31. The van der Waals surface area contributed by atoms with E-state index in [1.165, 1.54) is 0 Å². The fourth-order valence-electron chi connectivity index (χ4n) is 3.81. The van der Waals surface area contributed by atoms with Gasteiger partial charge in [0.1, 0.15) is 0 Å². The van der Waals surface area contributed by atoms with Crippen LogP contribution in [0.25, 0.3) is 5.69 Å². The molecule has 0 fully saturated rings. The van der Waals surface area contributed by atoms with E-state index in [1.807, 2.05) is 90.5 Å². The average molecular weight is 403 g/mol. The average Bonchev–Trinajstić information content (AvgIpc) is 3.13. The van der Waals surface area contributed by atoms with Crippen molar-refractivity contribution in [2.75, 3.05) is 23.8 Å². The second-order valence-electron chi connectivity index (χ2n) is 7.68. The van der Waals surface area contributed by atoms with Crippen LogP contribution in [0.1, 0.15) is 18.9 Å². The summed E-state index contributed by atoms with van der Waals surface area (Å²) in [7, 11) is 1.91. The molecule has 7 nitrogen and oxygen atoms in total. The van der Waals surface area contributed by atoms with Crippen molar-refractivity contribution in [1.29, 1.82) is 0 Å². The highest BCUT2D eigenvalue weighted by atomic mass is 16.2. The zero-order valence-electron chi connectivity index (χ0n) is 17.2. The van der Waals surface area contributed by atoms with E-state index in [4.69, 9.17) is 0 Å². The number of likely N-dealkylation sites (N-methyl/N-ethyl adjacent to an activating group) is 1. The summed E-state index contributed by atoms with van der Waals surface area (Å²) in [5.74, 6) is -0.115.